The molecule has 2 rings (SSSR count). The summed E-state index contributed by atoms with van der Waals surface area (Å²) >= 11 is 1.72. The van der Waals surface area contributed by atoms with E-state index < -0.39 is 0 Å². The van der Waals surface area contributed by atoms with Crippen LogP contribution in [-0.2, 0) is 6.54 Å². The van der Waals surface area contributed by atoms with Crippen LogP contribution in [0.1, 0.15) is 12.1 Å². The van der Waals surface area contributed by atoms with Gasteiger partial charge in [-0.25, -0.2) is 4.39 Å². The fourth-order valence-corrected chi connectivity index (χ4v) is 2.60. The van der Waals surface area contributed by atoms with E-state index in [9.17, 15) is 4.39 Å². The Balaban J connectivity index is 2.04. The minimum atomic E-state index is -0.251. The van der Waals surface area contributed by atoms with Gasteiger partial charge in [0.15, 0.2) is 0 Å². The van der Waals surface area contributed by atoms with Gasteiger partial charge in [0.2, 0.25) is 0 Å². The molecular weight excluding hydrogens is 225 g/mol. The standard InChI is InChI=1S/C11H14FN3S/c12-9-2-1-5-14-10(9)8-15-6-7-16-11(15)3-4-13/h1-2,5-7,11H,3-4,8,13H2. The third kappa shape index (κ3) is 2.54. The predicted molar refractivity (Wildman–Crippen MR) is 63.9 cm³/mol. The number of rotatable bonds is 4. The Hall–Kier alpha value is -1.07. The number of nitrogens with two attached hydrogens (primary N) is 1. The molecule has 0 aliphatic carbocycles. The summed E-state index contributed by atoms with van der Waals surface area (Å²) < 4.78 is 13.4. The first-order valence-electron chi connectivity index (χ1n) is 5.18. The van der Waals surface area contributed by atoms with Gasteiger partial charge >= 0.3 is 0 Å². The lowest BCUT2D eigenvalue weighted by Crippen LogP contribution is -2.27. The maximum atomic E-state index is 13.4. The minimum Gasteiger partial charge on any atom is -0.359 e. The fourth-order valence-electron chi connectivity index (χ4n) is 1.62. The molecule has 2 heterocycles. The summed E-state index contributed by atoms with van der Waals surface area (Å²) in [5.41, 5.74) is 6.02. The Labute approximate surface area is 98.5 Å². The van der Waals surface area contributed by atoms with Crippen LogP contribution >= 0.6 is 11.8 Å². The zero-order chi connectivity index (χ0) is 11.4. The molecule has 0 bridgehead atoms. The molecule has 0 spiro atoms. The fraction of sp³-hybridized carbons (Fsp3) is 0.364. The number of halogens is 1. The van der Waals surface area contributed by atoms with Gasteiger partial charge in [-0.3, -0.25) is 4.98 Å². The largest absolute Gasteiger partial charge is 0.359 e. The first kappa shape index (κ1) is 11.4. The number of thioether (sulfide) groups is 1. The van der Waals surface area contributed by atoms with Gasteiger partial charge in [-0.2, -0.15) is 0 Å². The summed E-state index contributed by atoms with van der Waals surface area (Å²) in [4.78, 5) is 6.12. The molecule has 1 aromatic heterocycles. The van der Waals surface area contributed by atoms with Gasteiger partial charge in [-0.15, -0.1) is 11.8 Å². The molecule has 86 valence electrons. The third-order valence-electron chi connectivity index (χ3n) is 2.44. The van der Waals surface area contributed by atoms with Crippen LogP contribution < -0.4 is 5.73 Å². The SMILES string of the molecule is NCCC1SC=CN1Cc1ncccc1F. The van der Waals surface area contributed by atoms with Crippen LogP contribution in [0, 0.1) is 5.82 Å². The first-order chi connectivity index (χ1) is 7.81. The van der Waals surface area contributed by atoms with E-state index in [0.29, 0.717) is 24.2 Å². The molecule has 0 fully saturated rings. The molecule has 1 aliphatic heterocycles. The van der Waals surface area contributed by atoms with Crippen LogP contribution in [0.25, 0.3) is 0 Å². The van der Waals surface area contributed by atoms with Gasteiger partial charge in [-0.05, 0) is 30.5 Å². The van der Waals surface area contributed by atoms with E-state index in [-0.39, 0.29) is 5.82 Å². The average Bonchev–Trinajstić information content (AvgIpc) is 2.70. The second-order valence-corrected chi connectivity index (χ2v) is 4.65. The van der Waals surface area contributed by atoms with Crippen molar-refractivity contribution in [3.05, 3.63) is 41.4 Å². The zero-order valence-electron chi connectivity index (χ0n) is 8.84. The van der Waals surface area contributed by atoms with E-state index in [0.717, 1.165) is 6.42 Å². The van der Waals surface area contributed by atoms with E-state index in [1.165, 1.54) is 6.07 Å². The number of pyridine rings is 1. The van der Waals surface area contributed by atoms with Crippen LogP contribution in [0.15, 0.2) is 29.9 Å². The monoisotopic (exact) mass is 239 g/mol. The third-order valence-corrected chi connectivity index (χ3v) is 3.54. The number of hydrogen-bond acceptors (Lipinski definition) is 4. The quantitative estimate of drug-likeness (QED) is 0.871. The second-order valence-electron chi connectivity index (χ2n) is 3.56. The van der Waals surface area contributed by atoms with E-state index in [2.05, 4.69) is 9.88 Å². The lowest BCUT2D eigenvalue weighted by atomic mass is 10.3. The van der Waals surface area contributed by atoms with Gasteiger partial charge in [0.05, 0.1) is 17.6 Å². The number of hydrogen-bond donors (Lipinski definition) is 1. The van der Waals surface area contributed by atoms with Crippen LogP contribution in [0.3, 0.4) is 0 Å². The van der Waals surface area contributed by atoms with Crippen LogP contribution in [-0.4, -0.2) is 21.8 Å². The van der Waals surface area contributed by atoms with E-state index >= 15 is 0 Å². The number of nitrogens with zero attached hydrogens (tertiary/aromatic N) is 2. The Bertz CT molecular complexity index is 383. The summed E-state index contributed by atoms with van der Waals surface area (Å²) in [6.07, 6.45) is 4.48. The van der Waals surface area contributed by atoms with Gasteiger partial charge in [0.25, 0.3) is 0 Å². The Morgan fingerprint density at radius 2 is 2.44 bits per heavy atom. The molecule has 0 amide bonds. The maximum Gasteiger partial charge on any atom is 0.146 e. The average molecular weight is 239 g/mol. The lowest BCUT2D eigenvalue weighted by Gasteiger charge is -2.23. The van der Waals surface area contributed by atoms with Gasteiger partial charge < -0.3 is 10.6 Å². The molecule has 3 nitrogen and oxygen atoms in total. The second kappa shape index (κ2) is 5.32. The summed E-state index contributed by atoms with van der Waals surface area (Å²) in [5.74, 6) is -0.251. The smallest absolute Gasteiger partial charge is 0.146 e. The highest BCUT2D eigenvalue weighted by atomic mass is 32.2. The van der Waals surface area contributed by atoms with Crippen LogP contribution in [0.5, 0.6) is 0 Å². The van der Waals surface area contributed by atoms with Gasteiger partial charge in [-0.1, -0.05) is 0 Å². The van der Waals surface area contributed by atoms with Crippen molar-refractivity contribution >= 4 is 11.8 Å². The van der Waals surface area contributed by atoms with Crippen molar-refractivity contribution in [1.29, 1.82) is 0 Å². The molecule has 16 heavy (non-hydrogen) atoms. The maximum absolute atomic E-state index is 13.4. The lowest BCUT2D eigenvalue weighted by molar-refractivity contribution is 0.332. The Kier molecular flexibility index (Phi) is 3.79. The van der Waals surface area contributed by atoms with E-state index in [1.54, 1.807) is 24.0 Å². The van der Waals surface area contributed by atoms with Crippen molar-refractivity contribution < 1.29 is 4.39 Å². The molecule has 1 aliphatic rings. The molecule has 2 N–H and O–H groups in total. The first-order valence-corrected chi connectivity index (χ1v) is 6.13. The highest BCUT2D eigenvalue weighted by Crippen LogP contribution is 2.28. The summed E-state index contributed by atoms with van der Waals surface area (Å²) in [6.45, 7) is 1.14. The van der Waals surface area contributed by atoms with Crippen molar-refractivity contribution in [3.63, 3.8) is 0 Å². The summed E-state index contributed by atoms with van der Waals surface area (Å²) in [6, 6.07) is 3.04. The molecule has 0 saturated heterocycles. The molecule has 0 aromatic carbocycles. The van der Waals surface area contributed by atoms with Crippen molar-refractivity contribution in [1.82, 2.24) is 9.88 Å². The summed E-state index contributed by atoms with van der Waals surface area (Å²) in [5, 5.41) is 2.33. The van der Waals surface area contributed by atoms with Gasteiger partial charge in [0, 0.05) is 12.4 Å². The molecule has 1 aromatic rings. The van der Waals surface area contributed by atoms with Crippen molar-refractivity contribution in [2.24, 2.45) is 5.73 Å². The molecular formula is C11H14FN3S. The van der Waals surface area contributed by atoms with E-state index in [4.69, 9.17) is 5.73 Å². The van der Waals surface area contributed by atoms with Crippen molar-refractivity contribution in [2.45, 2.75) is 18.3 Å². The van der Waals surface area contributed by atoms with Crippen molar-refractivity contribution in [2.75, 3.05) is 6.54 Å². The molecule has 0 radical (unpaired) electrons. The molecule has 1 atom stereocenters. The zero-order valence-corrected chi connectivity index (χ0v) is 9.66. The highest BCUT2D eigenvalue weighted by molar-refractivity contribution is 8.02. The predicted octanol–water partition coefficient (Wildman–Crippen LogP) is 1.92. The topological polar surface area (TPSA) is 42.1 Å². The van der Waals surface area contributed by atoms with Crippen molar-refractivity contribution in [3.8, 4) is 0 Å². The Morgan fingerprint density at radius 3 is 3.19 bits per heavy atom. The van der Waals surface area contributed by atoms with Gasteiger partial charge in [0.1, 0.15) is 5.82 Å². The molecule has 5 heteroatoms. The normalized spacial score (nSPS) is 19.4. The van der Waals surface area contributed by atoms with Crippen LogP contribution in [0.4, 0.5) is 4.39 Å². The number of aromatic nitrogens is 1. The molecule has 0 saturated carbocycles. The Morgan fingerprint density at radius 1 is 1.56 bits per heavy atom. The van der Waals surface area contributed by atoms with E-state index in [1.807, 2.05) is 11.6 Å². The molecule has 1 unspecified atom stereocenters. The minimum absolute atomic E-state index is 0.251. The summed E-state index contributed by atoms with van der Waals surface area (Å²) in [7, 11) is 0. The highest BCUT2D eigenvalue weighted by Gasteiger charge is 2.20. The van der Waals surface area contributed by atoms with Crippen LogP contribution in [0.2, 0.25) is 0 Å².